The minimum Gasteiger partial charge on any atom is -0.378 e. The number of nitrogens with one attached hydrogen (secondary N) is 2. The molecule has 1 aliphatic rings. The van der Waals surface area contributed by atoms with Crippen LogP contribution in [0.5, 0.6) is 0 Å². The molecule has 150 valence electrons. The lowest BCUT2D eigenvalue weighted by atomic mass is 10.0. The Morgan fingerprint density at radius 1 is 1.03 bits per heavy atom. The van der Waals surface area contributed by atoms with E-state index in [0.29, 0.717) is 11.8 Å². The van der Waals surface area contributed by atoms with Crippen LogP contribution >= 0.6 is 0 Å². The predicted molar refractivity (Wildman–Crippen MR) is 115 cm³/mol. The van der Waals surface area contributed by atoms with E-state index in [1.165, 1.54) is 0 Å². The number of ether oxygens (including phenoxy) is 1. The van der Waals surface area contributed by atoms with E-state index in [1.807, 2.05) is 37.6 Å². The fraction of sp³-hybridized carbons (Fsp3) is 0.333. The van der Waals surface area contributed by atoms with Crippen LogP contribution < -0.4 is 15.5 Å². The standard InChI is InChI=1S/C21H25N7O/c1-3-15-13-24-20(22-2)12-17(15)18-6-7-23-21(26-18)27-19-5-4-16(14-25-19)28-8-10-29-11-9-28/h4-7,12-14H,3,8-11H2,1-2H3,(H,22,24)(H,23,25,26,27). The molecule has 0 spiro atoms. The van der Waals surface area contributed by atoms with Crippen molar-refractivity contribution in [1.29, 1.82) is 0 Å². The molecule has 3 aromatic heterocycles. The molecule has 1 aliphatic heterocycles. The summed E-state index contributed by atoms with van der Waals surface area (Å²) in [6.07, 6.45) is 6.40. The Kier molecular flexibility index (Phi) is 5.81. The minimum atomic E-state index is 0.513. The first kappa shape index (κ1) is 19.1. The molecule has 1 saturated heterocycles. The van der Waals surface area contributed by atoms with Crippen molar-refractivity contribution < 1.29 is 4.74 Å². The molecule has 0 aromatic carbocycles. The maximum absolute atomic E-state index is 5.40. The van der Waals surface area contributed by atoms with E-state index in [1.54, 1.807) is 6.20 Å². The van der Waals surface area contributed by atoms with E-state index in [-0.39, 0.29) is 0 Å². The summed E-state index contributed by atoms with van der Waals surface area (Å²) in [5.74, 6) is 2.03. The van der Waals surface area contributed by atoms with Crippen LogP contribution in [0.4, 0.5) is 23.3 Å². The third-order valence-electron chi connectivity index (χ3n) is 4.92. The highest BCUT2D eigenvalue weighted by molar-refractivity contribution is 5.68. The molecule has 2 N–H and O–H groups in total. The molecule has 0 aliphatic carbocycles. The number of nitrogens with zero attached hydrogens (tertiary/aromatic N) is 5. The highest BCUT2D eigenvalue weighted by Gasteiger charge is 2.12. The smallest absolute Gasteiger partial charge is 0.228 e. The number of hydrogen-bond acceptors (Lipinski definition) is 8. The van der Waals surface area contributed by atoms with E-state index in [2.05, 4.69) is 48.5 Å². The van der Waals surface area contributed by atoms with Crippen molar-refractivity contribution in [2.75, 3.05) is 48.9 Å². The first-order valence-corrected chi connectivity index (χ1v) is 9.82. The Morgan fingerprint density at radius 2 is 1.86 bits per heavy atom. The van der Waals surface area contributed by atoms with Gasteiger partial charge in [0.1, 0.15) is 11.6 Å². The molecule has 8 heteroatoms. The molecule has 0 amide bonds. The van der Waals surface area contributed by atoms with E-state index < -0.39 is 0 Å². The molecular weight excluding hydrogens is 366 g/mol. The minimum absolute atomic E-state index is 0.513. The topological polar surface area (TPSA) is 88.1 Å². The highest BCUT2D eigenvalue weighted by Crippen LogP contribution is 2.25. The summed E-state index contributed by atoms with van der Waals surface area (Å²) in [5, 5.41) is 6.29. The zero-order chi connectivity index (χ0) is 20.1. The molecular formula is C21H25N7O. The summed E-state index contributed by atoms with van der Waals surface area (Å²) in [5.41, 5.74) is 4.13. The van der Waals surface area contributed by atoms with Crippen LogP contribution in [0.2, 0.25) is 0 Å². The number of aromatic nitrogens is 4. The highest BCUT2D eigenvalue weighted by atomic mass is 16.5. The van der Waals surface area contributed by atoms with Crippen molar-refractivity contribution in [3.8, 4) is 11.3 Å². The van der Waals surface area contributed by atoms with Gasteiger partial charge in [-0.15, -0.1) is 0 Å². The molecule has 1 fully saturated rings. The summed E-state index contributed by atoms with van der Waals surface area (Å²) in [4.78, 5) is 20.2. The largest absolute Gasteiger partial charge is 0.378 e. The molecule has 0 bridgehead atoms. The van der Waals surface area contributed by atoms with E-state index in [0.717, 1.165) is 61.1 Å². The summed E-state index contributed by atoms with van der Waals surface area (Å²) in [6.45, 7) is 5.40. The Balaban J connectivity index is 1.54. The van der Waals surface area contributed by atoms with Crippen molar-refractivity contribution in [3.63, 3.8) is 0 Å². The first-order chi connectivity index (χ1) is 14.3. The molecule has 0 unspecified atom stereocenters. The van der Waals surface area contributed by atoms with Gasteiger partial charge in [-0.25, -0.2) is 19.9 Å². The van der Waals surface area contributed by atoms with Crippen LogP contribution in [-0.4, -0.2) is 53.3 Å². The first-order valence-electron chi connectivity index (χ1n) is 9.82. The van der Waals surface area contributed by atoms with Gasteiger partial charge in [0.15, 0.2) is 0 Å². The third-order valence-corrected chi connectivity index (χ3v) is 4.92. The lowest BCUT2D eigenvalue weighted by Gasteiger charge is -2.28. The van der Waals surface area contributed by atoms with Crippen LogP contribution in [-0.2, 0) is 11.2 Å². The second-order valence-electron chi connectivity index (χ2n) is 6.72. The van der Waals surface area contributed by atoms with Gasteiger partial charge >= 0.3 is 0 Å². The maximum atomic E-state index is 5.40. The number of aryl methyl sites for hydroxylation is 1. The number of pyridine rings is 2. The molecule has 29 heavy (non-hydrogen) atoms. The van der Waals surface area contributed by atoms with Gasteiger partial charge in [-0.1, -0.05) is 6.92 Å². The monoisotopic (exact) mass is 391 g/mol. The number of anilines is 4. The Labute approximate surface area is 170 Å². The molecule has 4 heterocycles. The fourth-order valence-electron chi connectivity index (χ4n) is 3.29. The van der Waals surface area contributed by atoms with Crippen molar-refractivity contribution in [1.82, 2.24) is 19.9 Å². The van der Waals surface area contributed by atoms with E-state index in [9.17, 15) is 0 Å². The number of morpholine rings is 1. The number of hydrogen-bond donors (Lipinski definition) is 2. The Morgan fingerprint density at radius 3 is 2.59 bits per heavy atom. The second kappa shape index (κ2) is 8.83. The van der Waals surface area contributed by atoms with Crippen LogP contribution in [0.25, 0.3) is 11.3 Å². The molecule has 0 saturated carbocycles. The van der Waals surface area contributed by atoms with Gasteiger partial charge in [0.25, 0.3) is 0 Å². The van der Waals surface area contributed by atoms with E-state index >= 15 is 0 Å². The van der Waals surface area contributed by atoms with Gasteiger partial charge in [0.2, 0.25) is 5.95 Å². The van der Waals surface area contributed by atoms with Crippen LogP contribution in [0.15, 0.2) is 42.9 Å². The Bertz CT molecular complexity index is 955. The van der Waals surface area contributed by atoms with Gasteiger partial charge in [0, 0.05) is 38.1 Å². The lowest BCUT2D eigenvalue weighted by molar-refractivity contribution is 0.122. The van der Waals surface area contributed by atoms with Crippen LogP contribution in [0.3, 0.4) is 0 Å². The summed E-state index contributed by atoms with van der Waals surface area (Å²) in [6, 6.07) is 7.93. The zero-order valence-electron chi connectivity index (χ0n) is 16.7. The fourth-order valence-corrected chi connectivity index (χ4v) is 3.29. The molecule has 0 radical (unpaired) electrons. The molecule has 3 aromatic rings. The van der Waals surface area contributed by atoms with Gasteiger partial charge in [-0.05, 0) is 36.2 Å². The van der Waals surface area contributed by atoms with E-state index in [4.69, 9.17) is 4.74 Å². The lowest BCUT2D eigenvalue weighted by Crippen LogP contribution is -2.36. The van der Waals surface area contributed by atoms with Crippen molar-refractivity contribution in [2.24, 2.45) is 0 Å². The predicted octanol–water partition coefficient (Wildman–Crippen LogP) is 3.12. The average Bonchev–Trinajstić information content (AvgIpc) is 2.80. The summed E-state index contributed by atoms with van der Waals surface area (Å²) in [7, 11) is 1.86. The van der Waals surface area contributed by atoms with Crippen molar-refractivity contribution >= 4 is 23.3 Å². The van der Waals surface area contributed by atoms with Crippen LogP contribution in [0.1, 0.15) is 12.5 Å². The summed E-state index contributed by atoms with van der Waals surface area (Å²) < 4.78 is 5.40. The maximum Gasteiger partial charge on any atom is 0.228 e. The zero-order valence-corrected chi connectivity index (χ0v) is 16.7. The number of rotatable bonds is 6. The molecule has 8 nitrogen and oxygen atoms in total. The third kappa shape index (κ3) is 4.43. The van der Waals surface area contributed by atoms with Gasteiger partial charge in [-0.2, -0.15) is 0 Å². The van der Waals surface area contributed by atoms with Gasteiger partial charge in [0.05, 0.1) is 30.8 Å². The molecule has 0 atom stereocenters. The van der Waals surface area contributed by atoms with Gasteiger partial charge < -0.3 is 20.3 Å². The Hall–Kier alpha value is -3.26. The SMILES string of the molecule is CCc1cnc(NC)cc1-c1ccnc(Nc2ccc(N3CCOCC3)cn2)n1. The molecule has 4 rings (SSSR count). The van der Waals surface area contributed by atoms with Gasteiger partial charge in [-0.3, -0.25) is 0 Å². The van der Waals surface area contributed by atoms with Crippen molar-refractivity contribution in [3.05, 3.63) is 48.4 Å². The summed E-state index contributed by atoms with van der Waals surface area (Å²) >= 11 is 0. The second-order valence-corrected chi connectivity index (χ2v) is 6.72. The van der Waals surface area contributed by atoms with Crippen LogP contribution in [0, 0.1) is 0 Å². The van der Waals surface area contributed by atoms with Crippen molar-refractivity contribution in [2.45, 2.75) is 13.3 Å². The normalized spacial score (nSPS) is 13.9. The quantitative estimate of drug-likeness (QED) is 0.663. The average molecular weight is 391 g/mol.